The summed E-state index contributed by atoms with van der Waals surface area (Å²) in [6, 6.07) is 21.4. The second kappa shape index (κ2) is 8.45. The SMILES string of the molecule is Cc1cc(Cc2ccccc2)cc(C2CCCN(Cc3ccccn3)C2)n1. The van der Waals surface area contributed by atoms with E-state index < -0.39 is 0 Å². The highest BCUT2D eigenvalue weighted by atomic mass is 15.1. The van der Waals surface area contributed by atoms with Crippen LogP contribution in [-0.4, -0.2) is 28.0 Å². The zero-order valence-electron chi connectivity index (χ0n) is 16.0. The summed E-state index contributed by atoms with van der Waals surface area (Å²) >= 11 is 0. The van der Waals surface area contributed by atoms with Crippen molar-refractivity contribution in [2.75, 3.05) is 13.1 Å². The molecule has 0 N–H and O–H groups in total. The first-order valence-electron chi connectivity index (χ1n) is 9.90. The van der Waals surface area contributed by atoms with Gasteiger partial charge in [0, 0.05) is 36.6 Å². The Labute approximate surface area is 162 Å². The third-order valence-corrected chi connectivity index (χ3v) is 5.32. The predicted molar refractivity (Wildman–Crippen MR) is 110 cm³/mol. The number of aromatic nitrogens is 2. The van der Waals surface area contributed by atoms with Gasteiger partial charge in [0.15, 0.2) is 0 Å². The van der Waals surface area contributed by atoms with Crippen molar-refractivity contribution in [3.8, 4) is 0 Å². The fraction of sp³-hybridized carbons (Fsp3) is 0.333. The lowest BCUT2D eigenvalue weighted by Crippen LogP contribution is -2.34. The third kappa shape index (κ3) is 4.81. The summed E-state index contributed by atoms with van der Waals surface area (Å²) in [5.74, 6) is 0.511. The van der Waals surface area contributed by atoms with Crippen molar-refractivity contribution in [3.63, 3.8) is 0 Å². The Morgan fingerprint density at radius 3 is 2.67 bits per heavy atom. The molecule has 1 aliphatic rings. The molecule has 1 unspecified atom stereocenters. The fourth-order valence-corrected chi connectivity index (χ4v) is 4.07. The van der Waals surface area contributed by atoms with Crippen molar-refractivity contribution >= 4 is 0 Å². The highest BCUT2D eigenvalue weighted by Gasteiger charge is 2.23. The van der Waals surface area contributed by atoms with Gasteiger partial charge in [-0.05, 0) is 68.1 Å². The van der Waals surface area contributed by atoms with Crippen LogP contribution in [0.1, 0.15) is 47.0 Å². The first-order valence-corrected chi connectivity index (χ1v) is 9.90. The quantitative estimate of drug-likeness (QED) is 0.659. The Balaban J connectivity index is 1.48. The van der Waals surface area contributed by atoms with E-state index in [1.54, 1.807) is 0 Å². The van der Waals surface area contributed by atoms with Crippen LogP contribution in [0, 0.1) is 6.92 Å². The van der Waals surface area contributed by atoms with Crippen LogP contribution in [0.15, 0.2) is 66.9 Å². The zero-order valence-corrected chi connectivity index (χ0v) is 16.0. The van der Waals surface area contributed by atoms with Gasteiger partial charge in [0.25, 0.3) is 0 Å². The van der Waals surface area contributed by atoms with Gasteiger partial charge >= 0.3 is 0 Å². The van der Waals surface area contributed by atoms with Crippen LogP contribution in [0.25, 0.3) is 0 Å². The van der Waals surface area contributed by atoms with Gasteiger partial charge in [0.2, 0.25) is 0 Å². The molecule has 3 nitrogen and oxygen atoms in total. The number of hydrogen-bond donors (Lipinski definition) is 0. The maximum atomic E-state index is 4.90. The summed E-state index contributed by atoms with van der Waals surface area (Å²) in [5, 5.41) is 0. The Morgan fingerprint density at radius 2 is 1.85 bits per heavy atom. The van der Waals surface area contributed by atoms with Crippen molar-refractivity contribution in [2.24, 2.45) is 0 Å². The van der Waals surface area contributed by atoms with E-state index in [0.29, 0.717) is 5.92 Å². The topological polar surface area (TPSA) is 29.0 Å². The molecule has 0 saturated carbocycles. The van der Waals surface area contributed by atoms with Crippen LogP contribution >= 0.6 is 0 Å². The molecule has 1 fully saturated rings. The minimum Gasteiger partial charge on any atom is -0.297 e. The Hall–Kier alpha value is -2.52. The Kier molecular flexibility index (Phi) is 5.59. The maximum Gasteiger partial charge on any atom is 0.0543 e. The van der Waals surface area contributed by atoms with E-state index in [2.05, 4.69) is 71.4 Å². The van der Waals surface area contributed by atoms with E-state index in [9.17, 15) is 0 Å². The second-order valence-electron chi connectivity index (χ2n) is 7.60. The van der Waals surface area contributed by atoms with Gasteiger partial charge in [-0.1, -0.05) is 36.4 Å². The molecule has 0 bridgehead atoms. The molecule has 3 heterocycles. The highest BCUT2D eigenvalue weighted by molar-refractivity contribution is 5.30. The number of benzene rings is 1. The molecule has 4 rings (SSSR count). The standard InChI is InChI=1S/C24H27N3/c1-19-14-21(15-20-8-3-2-4-9-20)16-24(26-19)22-10-7-13-27(17-22)18-23-11-5-6-12-25-23/h2-6,8-9,11-12,14,16,22H,7,10,13,15,17-18H2,1H3. The number of nitrogens with zero attached hydrogens (tertiary/aromatic N) is 3. The number of hydrogen-bond acceptors (Lipinski definition) is 3. The molecule has 0 radical (unpaired) electrons. The maximum absolute atomic E-state index is 4.90. The monoisotopic (exact) mass is 357 g/mol. The number of rotatable bonds is 5. The van der Waals surface area contributed by atoms with Crippen molar-refractivity contribution in [2.45, 2.75) is 38.6 Å². The van der Waals surface area contributed by atoms with E-state index in [1.165, 1.54) is 29.7 Å². The Morgan fingerprint density at radius 1 is 1.00 bits per heavy atom. The van der Waals surface area contributed by atoms with Crippen molar-refractivity contribution < 1.29 is 0 Å². The number of aryl methyl sites for hydroxylation is 1. The predicted octanol–water partition coefficient (Wildman–Crippen LogP) is 4.76. The smallest absolute Gasteiger partial charge is 0.0543 e. The van der Waals surface area contributed by atoms with Gasteiger partial charge in [0.05, 0.1) is 5.69 Å². The molecule has 0 amide bonds. The zero-order chi connectivity index (χ0) is 18.5. The average Bonchev–Trinajstić information content (AvgIpc) is 2.69. The summed E-state index contributed by atoms with van der Waals surface area (Å²) in [5.41, 5.74) is 6.26. The van der Waals surface area contributed by atoms with E-state index in [4.69, 9.17) is 4.98 Å². The minimum atomic E-state index is 0.511. The molecule has 2 aromatic heterocycles. The van der Waals surface area contributed by atoms with Crippen LogP contribution in [0.3, 0.4) is 0 Å². The first kappa shape index (κ1) is 17.9. The number of pyridine rings is 2. The lowest BCUT2D eigenvalue weighted by atomic mass is 9.92. The van der Waals surface area contributed by atoms with Gasteiger partial charge in [0.1, 0.15) is 0 Å². The van der Waals surface area contributed by atoms with Gasteiger partial charge < -0.3 is 0 Å². The molecule has 0 aliphatic carbocycles. The molecule has 3 heteroatoms. The molecule has 1 saturated heterocycles. The summed E-state index contributed by atoms with van der Waals surface area (Å²) < 4.78 is 0. The van der Waals surface area contributed by atoms with Crippen LogP contribution in [0.5, 0.6) is 0 Å². The normalized spacial score (nSPS) is 17.7. The van der Waals surface area contributed by atoms with Crippen LogP contribution in [0.2, 0.25) is 0 Å². The van der Waals surface area contributed by atoms with E-state index >= 15 is 0 Å². The van der Waals surface area contributed by atoms with Crippen molar-refractivity contribution in [1.29, 1.82) is 0 Å². The number of likely N-dealkylation sites (tertiary alicyclic amines) is 1. The van der Waals surface area contributed by atoms with Gasteiger partial charge in [-0.2, -0.15) is 0 Å². The lowest BCUT2D eigenvalue weighted by molar-refractivity contribution is 0.196. The van der Waals surface area contributed by atoms with E-state index in [-0.39, 0.29) is 0 Å². The van der Waals surface area contributed by atoms with Gasteiger partial charge in [-0.15, -0.1) is 0 Å². The summed E-state index contributed by atoms with van der Waals surface area (Å²) in [7, 11) is 0. The molecule has 138 valence electrons. The third-order valence-electron chi connectivity index (χ3n) is 5.32. The molecule has 27 heavy (non-hydrogen) atoms. The van der Waals surface area contributed by atoms with Gasteiger partial charge in [-0.3, -0.25) is 14.9 Å². The van der Waals surface area contributed by atoms with Crippen molar-refractivity contribution in [1.82, 2.24) is 14.9 Å². The summed E-state index contributed by atoms with van der Waals surface area (Å²) in [6.45, 7) is 5.26. The summed E-state index contributed by atoms with van der Waals surface area (Å²) in [4.78, 5) is 11.9. The van der Waals surface area contributed by atoms with Gasteiger partial charge in [-0.25, -0.2) is 0 Å². The first-order chi connectivity index (χ1) is 13.3. The molecule has 0 spiro atoms. The molecular weight excluding hydrogens is 330 g/mol. The molecule has 3 aromatic rings. The van der Waals surface area contributed by atoms with Crippen LogP contribution in [0.4, 0.5) is 0 Å². The van der Waals surface area contributed by atoms with E-state index in [1.807, 2.05) is 12.3 Å². The molecule has 1 aromatic carbocycles. The van der Waals surface area contributed by atoms with E-state index in [0.717, 1.165) is 37.4 Å². The lowest BCUT2D eigenvalue weighted by Gasteiger charge is -2.32. The summed E-state index contributed by atoms with van der Waals surface area (Å²) in [6.07, 6.45) is 5.30. The largest absolute Gasteiger partial charge is 0.297 e. The molecule has 1 aliphatic heterocycles. The second-order valence-corrected chi connectivity index (χ2v) is 7.60. The Bertz CT molecular complexity index is 861. The average molecular weight is 358 g/mol. The fourth-order valence-electron chi connectivity index (χ4n) is 4.07. The molecular formula is C24H27N3. The van der Waals surface area contributed by atoms with Crippen molar-refractivity contribution in [3.05, 3.63) is 95.1 Å². The highest BCUT2D eigenvalue weighted by Crippen LogP contribution is 2.28. The number of piperidine rings is 1. The van der Waals surface area contributed by atoms with Crippen LogP contribution in [-0.2, 0) is 13.0 Å². The van der Waals surface area contributed by atoms with Crippen LogP contribution < -0.4 is 0 Å². The minimum absolute atomic E-state index is 0.511. The molecule has 1 atom stereocenters.